The van der Waals surface area contributed by atoms with E-state index < -0.39 is 9.04 Å². The Kier molecular flexibility index (Phi) is 8.01. The van der Waals surface area contributed by atoms with E-state index in [-0.39, 0.29) is 0 Å². The molecule has 0 rings (SSSR count). The lowest BCUT2D eigenvalue weighted by molar-refractivity contribution is 0.323. The van der Waals surface area contributed by atoms with E-state index in [1.807, 2.05) is 11.4 Å². The van der Waals surface area contributed by atoms with Gasteiger partial charge in [0.1, 0.15) is 0 Å². The molecule has 0 heterocycles. The minimum Gasteiger partial charge on any atom is -0.412 e. The van der Waals surface area contributed by atoms with Crippen LogP contribution < -0.4 is 0 Å². The molecular weight excluding hydrogens is 176 g/mol. The Hall–Kier alpha value is -0.0531. The highest BCUT2D eigenvalue weighted by Gasteiger charge is 1.99. The van der Waals surface area contributed by atoms with E-state index in [1.165, 1.54) is 0 Å². The summed E-state index contributed by atoms with van der Waals surface area (Å²) >= 11 is 5.50. The van der Waals surface area contributed by atoms with E-state index in [0.29, 0.717) is 0 Å². The third-order valence-corrected chi connectivity index (χ3v) is 3.12. The van der Waals surface area contributed by atoms with Crippen LogP contribution in [0, 0.1) is 0 Å². The molecule has 0 bridgehead atoms. The van der Waals surface area contributed by atoms with Gasteiger partial charge in [-0.3, -0.25) is 0 Å². The SMILES string of the molecule is C=C[SiH](C=C)OCCCCCl. The fourth-order valence-electron chi connectivity index (χ4n) is 0.648. The number of rotatable bonds is 7. The molecule has 0 aliphatic carbocycles. The molecule has 0 N–H and O–H groups in total. The first-order valence-electron chi connectivity index (χ1n) is 3.77. The van der Waals surface area contributed by atoms with Gasteiger partial charge in [-0.1, -0.05) is 11.4 Å². The van der Waals surface area contributed by atoms with Crippen molar-refractivity contribution in [2.45, 2.75) is 12.8 Å². The predicted octanol–water partition coefficient (Wildman–Crippen LogP) is 2.20. The summed E-state index contributed by atoms with van der Waals surface area (Å²) in [4.78, 5) is 0. The number of hydrogen-bond donors (Lipinski definition) is 0. The van der Waals surface area contributed by atoms with Gasteiger partial charge in [0.25, 0.3) is 0 Å². The summed E-state index contributed by atoms with van der Waals surface area (Å²) in [5.74, 6) is 0.720. The minimum atomic E-state index is -1.25. The molecule has 0 aromatic carbocycles. The van der Waals surface area contributed by atoms with Crippen LogP contribution in [0.2, 0.25) is 0 Å². The molecule has 0 aromatic rings. The predicted molar refractivity (Wildman–Crippen MR) is 53.4 cm³/mol. The average Bonchev–Trinajstić information content (AvgIpc) is 2.05. The van der Waals surface area contributed by atoms with E-state index in [9.17, 15) is 0 Å². The fourth-order valence-corrected chi connectivity index (χ4v) is 1.74. The second-order valence-electron chi connectivity index (χ2n) is 2.20. The zero-order chi connectivity index (χ0) is 8.53. The van der Waals surface area contributed by atoms with Gasteiger partial charge >= 0.3 is 0 Å². The molecule has 0 spiro atoms. The Morgan fingerprint density at radius 1 is 1.27 bits per heavy atom. The summed E-state index contributed by atoms with van der Waals surface area (Å²) < 4.78 is 5.49. The maximum Gasteiger partial charge on any atom is 0.224 e. The summed E-state index contributed by atoms with van der Waals surface area (Å²) in [5, 5.41) is 0. The van der Waals surface area contributed by atoms with Crippen molar-refractivity contribution < 1.29 is 4.43 Å². The van der Waals surface area contributed by atoms with Crippen molar-refractivity contribution in [3.8, 4) is 0 Å². The molecule has 1 nitrogen and oxygen atoms in total. The van der Waals surface area contributed by atoms with Crippen molar-refractivity contribution in [1.82, 2.24) is 0 Å². The number of alkyl halides is 1. The first kappa shape index (κ1) is 10.9. The third kappa shape index (κ3) is 6.35. The molecule has 64 valence electrons. The molecule has 3 heteroatoms. The summed E-state index contributed by atoms with van der Waals surface area (Å²) in [6.07, 6.45) is 2.06. The van der Waals surface area contributed by atoms with Crippen molar-refractivity contribution in [3.05, 3.63) is 24.6 Å². The van der Waals surface area contributed by atoms with E-state index in [1.54, 1.807) is 0 Å². The van der Waals surface area contributed by atoms with E-state index in [0.717, 1.165) is 25.3 Å². The summed E-state index contributed by atoms with van der Waals surface area (Å²) in [6.45, 7) is 8.13. The molecule has 0 fully saturated rings. The van der Waals surface area contributed by atoms with Gasteiger partial charge in [0.2, 0.25) is 9.04 Å². The van der Waals surface area contributed by atoms with E-state index in [2.05, 4.69) is 13.2 Å². The zero-order valence-corrected chi connectivity index (χ0v) is 8.67. The van der Waals surface area contributed by atoms with Crippen molar-refractivity contribution in [2.75, 3.05) is 12.5 Å². The number of halogens is 1. The number of unbranched alkanes of at least 4 members (excludes halogenated alkanes) is 1. The standard InChI is InChI=1S/C8H15ClOSi/c1-3-11(4-2)10-8-6-5-7-9/h3-4,11H,1-2,5-8H2. The van der Waals surface area contributed by atoms with Crippen molar-refractivity contribution >= 4 is 20.6 Å². The Bertz CT molecular complexity index is 109. The van der Waals surface area contributed by atoms with Gasteiger partial charge in [-0.2, -0.15) is 0 Å². The molecule has 0 saturated heterocycles. The molecule has 0 aliphatic rings. The van der Waals surface area contributed by atoms with Gasteiger partial charge in [-0.25, -0.2) is 0 Å². The van der Waals surface area contributed by atoms with Crippen molar-refractivity contribution in [2.24, 2.45) is 0 Å². The molecule has 0 saturated carbocycles. The first-order chi connectivity index (χ1) is 5.35. The van der Waals surface area contributed by atoms with Gasteiger partial charge in [-0.05, 0) is 12.8 Å². The smallest absolute Gasteiger partial charge is 0.224 e. The normalized spacial score (nSPS) is 10.0. The van der Waals surface area contributed by atoms with Crippen LogP contribution in [0.1, 0.15) is 12.8 Å². The third-order valence-electron chi connectivity index (χ3n) is 1.30. The highest BCUT2D eigenvalue weighted by atomic mass is 35.5. The second kappa shape index (κ2) is 8.05. The van der Waals surface area contributed by atoms with Gasteiger partial charge in [-0.15, -0.1) is 24.8 Å². The minimum absolute atomic E-state index is 0.720. The highest BCUT2D eigenvalue weighted by molar-refractivity contribution is 6.62. The van der Waals surface area contributed by atoms with Crippen LogP contribution in [0.5, 0.6) is 0 Å². The first-order valence-corrected chi connectivity index (χ1v) is 6.11. The van der Waals surface area contributed by atoms with E-state index in [4.69, 9.17) is 16.0 Å². The Morgan fingerprint density at radius 3 is 2.36 bits per heavy atom. The number of hydrogen-bond acceptors (Lipinski definition) is 1. The van der Waals surface area contributed by atoms with Crippen LogP contribution >= 0.6 is 11.6 Å². The summed E-state index contributed by atoms with van der Waals surface area (Å²) in [7, 11) is -1.25. The van der Waals surface area contributed by atoms with Crippen LogP contribution in [0.3, 0.4) is 0 Å². The zero-order valence-electron chi connectivity index (χ0n) is 6.76. The van der Waals surface area contributed by atoms with E-state index >= 15 is 0 Å². The summed E-state index contributed by atoms with van der Waals surface area (Å²) in [5.41, 5.74) is 3.74. The molecule has 0 atom stereocenters. The Balaban J connectivity index is 3.21. The van der Waals surface area contributed by atoms with Gasteiger partial charge in [0.15, 0.2) is 0 Å². The monoisotopic (exact) mass is 190 g/mol. The van der Waals surface area contributed by atoms with Crippen molar-refractivity contribution in [1.29, 1.82) is 0 Å². The topological polar surface area (TPSA) is 9.23 Å². The largest absolute Gasteiger partial charge is 0.412 e. The average molecular weight is 191 g/mol. The molecule has 11 heavy (non-hydrogen) atoms. The lowest BCUT2D eigenvalue weighted by atomic mass is 10.4. The van der Waals surface area contributed by atoms with Crippen LogP contribution in [0.25, 0.3) is 0 Å². The van der Waals surface area contributed by atoms with Crippen LogP contribution in [0.4, 0.5) is 0 Å². The maximum absolute atomic E-state index is 5.50. The van der Waals surface area contributed by atoms with Crippen LogP contribution in [0.15, 0.2) is 24.6 Å². The highest BCUT2D eigenvalue weighted by Crippen LogP contribution is 1.95. The lowest BCUT2D eigenvalue weighted by Gasteiger charge is -2.06. The fraction of sp³-hybridized carbons (Fsp3) is 0.500. The van der Waals surface area contributed by atoms with Gasteiger partial charge in [0, 0.05) is 12.5 Å². The van der Waals surface area contributed by atoms with Crippen LogP contribution in [-0.2, 0) is 4.43 Å². The molecule has 0 unspecified atom stereocenters. The molecular formula is C8H15ClOSi. The van der Waals surface area contributed by atoms with Gasteiger partial charge < -0.3 is 4.43 Å². The molecule has 0 radical (unpaired) electrons. The quantitative estimate of drug-likeness (QED) is 0.340. The maximum atomic E-state index is 5.50. The molecule has 0 aliphatic heterocycles. The van der Waals surface area contributed by atoms with Gasteiger partial charge in [0.05, 0.1) is 0 Å². The van der Waals surface area contributed by atoms with Crippen molar-refractivity contribution in [3.63, 3.8) is 0 Å². The summed E-state index contributed by atoms with van der Waals surface area (Å²) in [6, 6.07) is 0. The Labute approximate surface area is 75.4 Å². The molecule has 0 amide bonds. The van der Waals surface area contributed by atoms with Crippen LogP contribution in [-0.4, -0.2) is 21.5 Å². The molecule has 0 aromatic heterocycles. The Morgan fingerprint density at radius 2 is 1.91 bits per heavy atom. The second-order valence-corrected chi connectivity index (χ2v) is 4.79. The lowest BCUT2D eigenvalue weighted by Crippen LogP contribution is -2.12.